The second kappa shape index (κ2) is 7.16. The Morgan fingerprint density at radius 3 is 2.72 bits per heavy atom. The SMILES string of the molecule is CCOC(=O)CC(=O)COc1cc(Br)ccc1C. The van der Waals surface area contributed by atoms with Gasteiger partial charge in [0.2, 0.25) is 0 Å². The topological polar surface area (TPSA) is 52.6 Å². The van der Waals surface area contributed by atoms with Gasteiger partial charge in [0.15, 0.2) is 5.78 Å². The third kappa shape index (κ3) is 4.87. The molecule has 0 unspecified atom stereocenters. The summed E-state index contributed by atoms with van der Waals surface area (Å²) < 4.78 is 10.9. The first-order valence-corrected chi connectivity index (χ1v) is 6.38. The van der Waals surface area contributed by atoms with Crippen LogP contribution in [0.5, 0.6) is 5.75 Å². The van der Waals surface area contributed by atoms with Crippen LogP contribution in [0.2, 0.25) is 0 Å². The van der Waals surface area contributed by atoms with E-state index in [1.807, 2.05) is 19.1 Å². The Morgan fingerprint density at radius 1 is 1.33 bits per heavy atom. The summed E-state index contributed by atoms with van der Waals surface area (Å²) in [4.78, 5) is 22.5. The van der Waals surface area contributed by atoms with Gasteiger partial charge in [-0.2, -0.15) is 0 Å². The van der Waals surface area contributed by atoms with E-state index in [1.165, 1.54) is 0 Å². The molecule has 98 valence electrons. The number of carbonyl (C=O) groups is 2. The third-order valence-corrected chi connectivity index (χ3v) is 2.68. The standard InChI is InChI=1S/C13H15BrO4/c1-3-17-13(16)7-11(15)8-18-12-6-10(14)5-4-9(12)2/h4-6H,3,7-8H2,1-2H3. The molecule has 0 heterocycles. The number of aryl methyl sites for hydroxylation is 1. The van der Waals surface area contributed by atoms with Gasteiger partial charge in [-0.3, -0.25) is 9.59 Å². The molecule has 5 heteroatoms. The molecule has 1 aromatic rings. The molecule has 0 aromatic heterocycles. The highest BCUT2D eigenvalue weighted by Gasteiger charge is 2.11. The Bertz CT molecular complexity index is 443. The molecule has 0 fully saturated rings. The van der Waals surface area contributed by atoms with E-state index in [9.17, 15) is 9.59 Å². The fourth-order valence-electron chi connectivity index (χ4n) is 1.31. The smallest absolute Gasteiger partial charge is 0.313 e. The number of halogens is 1. The van der Waals surface area contributed by atoms with E-state index >= 15 is 0 Å². The van der Waals surface area contributed by atoms with Gasteiger partial charge in [-0.25, -0.2) is 0 Å². The molecular weight excluding hydrogens is 300 g/mol. The van der Waals surface area contributed by atoms with Crippen molar-refractivity contribution in [3.8, 4) is 5.75 Å². The highest BCUT2D eigenvalue weighted by Crippen LogP contribution is 2.22. The molecule has 0 saturated carbocycles. The van der Waals surface area contributed by atoms with Crippen LogP contribution in [0.3, 0.4) is 0 Å². The first-order valence-electron chi connectivity index (χ1n) is 5.59. The van der Waals surface area contributed by atoms with Crippen molar-refractivity contribution in [1.82, 2.24) is 0 Å². The Morgan fingerprint density at radius 2 is 2.06 bits per heavy atom. The lowest BCUT2D eigenvalue weighted by atomic mass is 10.2. The normalized spacial score (nSPS) is 9.94. The Labute approximate surface area is 114 Å². The van der Waals surface area contributed by atoms with Gasteiger partial charge in [-0.05, 0) is 31.5 Å². The summed E-state index contributed by atoms with van der Waals surface area (Å²) in [6.07, 6.45) is -0.249. The molecule has 0 aliphatic heterocycles. The highest BCUT2D eigenvalue weighted by molar-refractivity contribution is 9.10. The second-order valence-corrected chi connectivity index (χ2v) is 4.63. The van der Waals surface area contributed by atoms with Crippen molar-refractivity contribution in [1.29, 1.82) is 0 Å². The Kier molecular flexibility index (Phi) is 5.85. The molecule has 0 spiro atoms. The first kappa shape index (κ1) is 14.7. The molecule has 1 rings (SSSR count). The van der Waals surface area contributed by atoms with Crippen LogP contribution in [0.15, 0.2) is 22.7 Å². The Balaban J connectivity index is 2.47. The van der Waals surface area contributed by atoms with E-state index in [2.05, 4.69) is 20.7 Å². The number of Topliss-reactive ketones (excluding diaryl/α,β-unsaturated/α-hetero) is 1. The Hall–Kier alpha value is -1.36. The average molecular weight is 315 g/mol. The maximum atomic E-state index is 11.5. The van der Waals surface area contributed by atoms with Crippen LogP contribution in [-0.4, -0.2) is 25.0 Å². The zero-order valence-corrected chi connectivity index (χ0v) is 12.0. The van der Waals surface area contributed by atoms with E-state index in [0.717, 1.165) is 10.0 Å². The fourth-order valence-corrected chi connectivity index (χ4v) is 1.65. The summed E-state index contributed by atoms with van der Waals surface area (Å²) in [5, 5.41) is 0. The average Bonchev–Trinajstić information content (AvgIpc) is 2.30. The summed E-state index contributed by atoms with van der Waals surface area (Å²) in [7, 11) is 0. The molecule has 4 nitrogen and oxygen atoms in total. The number of hydrogen-bond donors (Lipinski definition) is 0. The van der Waals surface area contributed by atoms with Crippen molar-refractivity contribution in [3.05, 3.63) is 28.2 Å². The number of esters is 1. The molecule has 1 aromatic carbocycles. The molecule has 0 aliphatic carbocycles. The van der Waals surface area contributed by atoms with Gasteiger partial charge in [0, 0.05) is 4.47 Å². The molecule has 0 saturated heterocycles. The second-order valence-electron chi connectivity index (χ2n) is 3.72. The monoisotopic (exact) mass is 314 g/mol. The van der Waals surface area contributed by atoms with E-state index in [0.29, 0.717) is 5.75 Å². The zero-order chi connectivity index (χ0) is 13.5. The molecule has 0 amide bonds. The number of rotatable bonds is 6. The van der Waals surface area contributed by atoms with Gasteiger partial charge in [0.25, 0.3) is 0 Å². The van der Waals surface area contributed by atoms with Gasteiger partial charge in [-0.15, -0.1) is 0 Å². The van der Waals surface area contributed by atoms with Gasteiger partial charge in [0.1, 0.15) is 18.8 Å². The number of carbonyl (C=O) groups excluding carboxylic acids is 2. The summed E-state index contributed by atoms with van der Waals surface area (Å²) >= 11 is 3.33. The molecule has 18 heavy (non-hydrogen) atoms. The van der Waals surface area contributed by atoms with Crippen LogP contribution in [-0.2, 0) is 14.3 Å². The number of hydrogen-bond acceptors (Lipinski definition) is 4. The minimum atomic E-state index is -0.517. The number of benzene rings is 1. The van der Waals surface area contributed by atoms with E-state index in [1.54, 1.807) is 13.0 Å². The number of ketones is 1. The van der Waals surface area contributed by atoms with Crippen molar-refractivity contribution in [2.24, 2.45) is 0 Å². The lowest BCUT2D eigenvalue weighted by molar-refractivity contribution is -0.145. The summed E-state index contributed by atoms with van der Waals surface area (Å²) in [5.41, 5.74) is 0.933. The summed E-state index contributed by atoms with van der Waals surface area (Å²) in [6.45, 7) is 3.73. The van der Waals surface area contributed by atoms with E-state index in [4.69, 9.17) is 4.74 Å². The molecule has 0 bridgehead atoms. The van der Waals surface area contributed by atoms with Crippen LogP contribution < -0.4 is 4.74 Å². The first-order chi connectivity index (χ1) is 8.52. The van der Waals surface area contributed by atoms with Crippen LogP contribution in [0.1, 0.15) is 18.9 Å². The largest absolute Gasteiger partial charge is 0.486 e. The van der Waals surface area contributed by atoms with Crippen molar-refractivity contribution in [2.45, 2.75) is 20.3 Å². The van der Waals surface area contributed by atoms with Crippen molar-refractivity contribution in [3.63, 3.8) is 0 Å². The van der Waals surface area contributed by atoms with Crippen LogP contribution in [0.25, 0.3) is 0 Å². The number of ether oxygens (including phenoxy) is 2. The van der Waals surface area contributed by atoms with Gasteiger partial charge < -0.3 is 9.47 Å². The maximum absolute atomic E-state index is 11.5. The lowest BCUT2D eigenvalue weighted by Crippen LogP contribution is -2.17. The molecule has 0 atom stereocenters. The van der Waals surface area contributed by atoms with Crippen LogP contribution in [0, 0.1) is 6.92 Å². The predicted molar refractivity (Wildman–Crippen MR) is 70.6 cm³/mol. The summed E-state index contributed by atoms with van der Waals surface area (Å²) in [6, 6.07) is 5.56. The van der Waals surface area contributed by atoms with Crippen molar-refractivity contribution < 1.29 is 19.1 Å². The molecular formula is C13H15BrO4. The predicted octanol–water partition coefficient (Wildman–Crippen LogP) is 2.66. The van der Waals surface area contributed by atoms with Crippen LogP contribution in [0.4, 0.5) is 0 Å². The minimum absolute atomic E-state index is 0.129. The summed E-state index contributed by atoms with van der Waals surface area (Å²) in [5.74, 6) is -0.188. The zero-order valence-electron chi connectivity index (χ0n) is 10.4. The van der Waals surface area contributed by atoms with Crippen molar-refractivity contribution in [2.75, 3.05) is 13.2 Å². The molecule has 0 N–H and O–H groups in total. The van der Waals surface area contributed by atoms with Gasteiger partial charge >= 0.3 is 5.97 Å². The van der Waals surface area contributed by atoms with Gasteiger partial charge in [-0.1, -0.05) is 22.0 Å². The quantitative estimate of drug-likeness (QED) is 0.598. The van der Waals surface area contributed by atoms with Crippen LogP contribution >= 0.6 is 15.9 Å². The van der Waals surface area contributed by atoms with Gasteiger partial charge in [0.05, 0.1) is 6.61 Å². The third-order valence-electron chi connectivity index (χ3n) is 2.19. The minimum Gasteiger partial charge on any atom is -0.486 e. The highest BCUT2D eigenvalue weighted by atomic mass is 79.9. The maximum Gasteiger partial charge on any atom is 0.313 e. The lowest BCUT2D eigenvalue weighted by Gasteiger charge is -2.08. The van der Waals surface area contributed by atoms with E-state index < -0.39 is 5.97 Å². The molecule has 0 radical (unpaired) electrons. The van der Waals surface area contributed by atoms with E-state index in [-0.39, 0.29) is 25.4 Å². The fraction of sp³-hybridized carbons (Fsp3) is 0.385. The van der Waals surface area contributed by atoms with Crippen molar-refractivity contribution >= 4 is 27.7 Å². The molecule has 0 aliphatic rings.